The van der Waals surface area contributed by atoms with Gasteiger partial charge in [-0.2, -0.15) is 0 Å². The van der Waals surface area contributed by atoms with Crippen molar-refractivity contribution < 1.29 is 9.09 Å². The molecule has 0 heterocycles. The van der Waals surface area contributed by atoms with Crippen LogP contribution in [0.5, 0.6) is 5.75 Å². The van der Waals surface area contributed by atoms with Gasteiger partial charge in [-0.05, 0) is 24.5 Å². The summed E-state index contributed by atoms with van der Waals surface area (Å²) in [6.45, 7) is 2.24. The molecule has 0 aliphatic carbocycles. The number of para-hydroxylation sites is 1. The largest absolute Gasteiger partial charge is 0.428 e. The SMILES string of the molecule is CCCCCCCCCCc1ccccc1OP(=O)(Cl)Cl. The normalized spacial score (nSPS) is 11.6. The second kappa shape index (κ2) is 10.5. The molecule has 0 spiro atoms. The summed E-state index contributed by atoms with van der Waals surface area (Å²) in [5, 5.41) is 0. The summed E-state index contributed by atoms with van der Waals surface area (Å²) < 4.78 is 16.5. The summed E-state index contributed by atoms with van der Waals surface area (Å²) in [4.78, 5) is 0. The molecule has 0 radical (unpaired) electrons. The zero-order chi connectivity index (χ0) is 15.6. The predicted octanol–water partition coefficient (Wildman–Crippen LogP) is 7.33. The van der Waals surface area contributed by atoms with Crippen LogP contribution in [0, 0.1) is 0 Å². The smallest absolute Gasteiger partial charge is 0.422 e. The molecule has 0 saturated carbocycles. The molecule has 0 fully saturated rings. The molecule has 1 aromatic rings. The first-order chi connectivity index (χ1) is 10.0. The van der Waals surface area contributed by atoms with Crippen molar-refractivity contribution in [2.24, 2.45) is 0 Å². The third-order valence-corrected chi connectivity index (χ3v) is 4.30. The Morgan fingerprint density at radius 1 is 0.952 bits per heavy atom. The Hall–Kier alpha value is -0.170. The second-order valence-electron chi connectivity index (χ2n) is 5.34. The Kier molecular flexibility index (Phi) is 9.47. The number of aryl methyl sites for hydroxylation is 1. The molecule has 1 rings (SSSR count). The van der Waals surface area contributed by atoms with Gasteiger partial charge in [0.25, 0.3) is 0 Å². The monoisotopic (exact) mass is 350 g/mol. The Labute approximate surface area is 138 Å². The van der Waals surface area contributed by atoms with E-state index in [1.807, 2.05) is 18.2 Å². The molecule has 0 amide bonds. The van der Waals surface area contributed by atoms with Crippen molar-refractivity contribution in [2.45, 2.75) is 64.7 Å². The minimum Gasteiger partial charge on any atom is -0.422 e. The van der Waals surface area contributed by atoms with Crippen LogP contribution in [0.15, 0.2) is 24.3 Å². The lowest BCUT2D eigenvalue weighted by Crippen LogP contribution is -1.92. The molecule has 0 aliphatic rings. The summed E-state index contributed by atoms with van der Waals surface area (Å²) in [7, 11) is 0. The van der Waals surface area contributed by atoms with E-state index in [0.717, 1.165) is 18.4 Å². The number of halogens is 2. The van der Waals surface area contributed by atoms with E-state index >= 15 is 0 Å². The highest BCUT2D eigenvalue weighted by molar-refractivity contribution is 8.05. The van der Waals surface area contributed by atoms with Crippen molar-refractivity contribution in [2.75, 3.05) is 0 Å². The highest BCUT2D eigenvalue weighted by Crippen LogP contribution is 2.57. The van der Waals surface area contributed by atoms with Gasteiger partial charge >= 0.3 is 6.07 Å². The van der Waals surface area contributed by atoms with Crippen LogP contribution in [0.4, 0.5) is 0 Å². The van der Waals surface area contributed by atoms with Crippen LogP contribution in [0.1, 0.15) is 63.9 Å². The number of hydrogen-bond acceptors (Lipinski definition) is 2. The first-order valence-corrected chi connectivity index (χ1v) is 11.2. The fourth-order valence-corrected chi connectivity index (χ4v) is 3.22. The number of hydrogen-bond donors (Lipinski definition) is 0. The Balaban J connectivity index is 2.27. The van der Waals surface area contributed by atoms with E-state index in [1.54, 1.807) is 6.07 Å². The fourth-order valence-electron chi connectivity index (χ4n) is 2.36. The summed E-state index contributed by atoms with van der Waals surface area (Å²) in [5.41, 5.74) is 1.02. The van der Waals surface area contributed by atoms with Gasteiger partial charge in [0.15, 0.2) is 0 Å². The second-order valence-corrected chi connectivity index (χ2v) is 9.54. The number of rotatable bonds is 11. The zero-order valence-electron chi connectivity index (χ0n) is 12.7. The molecule has 21 heavy (non-hydrogen) atoms. The standard InChI is InChI=1S/C16H25Cl2O2P/c1-2-3-4-5-6-7-8-9-12-15-13-10-11-14-16(15)20-21(17,18)19/h10-11,13-14H,2-9,12H2,1H3. The van der Waals surface area contributed by atoms with Crippen molar-refractivity contribution in [3.63, 3.8) is 0 Å². The molecule has 0 aliphatic heterocycles. The third kappa shape index (κ3) is 9.45. The third-order valence-electron chi connectivity index (χ3n) is 3.48. The minimum absolute atomic E-state index is 0.536. The van der Waals surface area contributed by atoms with Gasteiger partial charge in [-0.3, -0.25) is 0 Å². The first-order valence-electron chi connectivity index (χ1n) is 7.80. The molecule has 5 heteroatoms. The van der Waals surface area contributed by atoms with Gasteiger partial charge in [0.05, 0.1) is 0 Å². The highest BCUT2D eigenvalue weighted by atomic mass is 35.9. The Morgan fingerprint density at radius 3 is 2.14 bits per heavy atom. The van der Waals surface area contributed by atoms with E-state index in [2.05, 4.69) is 6.92 Å². The van der Waals surface area contributed by atoms with Crippen LogP contribution in [-0.4, -0.2) is 0 Å². The molecule has 0 saturated heterocycles. The molecule has 0 atom stereocenters. The lowest BCUT2D eigenvalue weighted by molar-refractivity contribution is 0.508. The molecule has 0 unspecified atom stereocenters. The predicted molar refractivity (Wildman–Crippen MR) is 92.7 cm³/mol. The van der Waals surface area contributed by atoms with Gasteiger partial charge in [-0.1, -0.05) is 70.1 Å². The van der Waals surface area contributed by atoms with Crippen molar-refractivity contribution >= 4 is 28.6 Å². The van der Waals surface area contributed by atoms with Crippen LogP contribution < -0.4 is 4.52 Å². The van der Waals surface area contributed by atoms with E-state index in [4.69, 9.17) is 27.0 Å². The maximum absolute atomic E-state index is 11.3. The van der Waals surface area contributed by atoms with Crippen LogP contribution in [0.3, 0.4) is 0 Å². The summed E-state index contributed by atoms with van der Waals surface area (Å²) in [5.74, 6) is 0.536. The summed E-state index contributed by atoms with van der Waals surface area (Å²) in [6.07, 6.45) is 7.61. The number of benzene rings is 1. The topological polar surface area (TPSA) is 26.3 Å². The van der Waals surface area contributed by atoms with Crippen LogP contribution in [0.25, 0.3) is 0 Å². The molecular weight excluding hydrogens is 326 g/mol. The van der Waals surface area contributed by atoms with Gasteiger partial charge in [0, 0.05) is 22.5 Å². The van der Waals surface area contributed by atoms with Gasteiger partial charge in [-0.15, -0.1) is 0 Å². The fraction of sp³-hybridized carbons (Fsp3) is 0.625. The molecule has 0 aromatic heterocycles. The van der Waals surface area contributed by atoms with Crippen LogP contribution in [0.2, 0.25) is 0 Å². The van der Waals surface area contributed by atoms with E-state index in [-0.39, 0.29) is 0 Å². The first kappa shape index (κ1) is 18.9. The molecule has 0 bridgehead atoms. The quantitative estimate of drug-likeness (QED) is 0.308. The molecule has 0 N–H and O–H groups in total. The highest BCUT2D eigenvalue weighted by Gasteiger charge is 2.17. The molecule has 2 nitrogen and oxygen atoms in total. The van der Waals surface area contributed by atoms with Crippen LogP contribution in [-0.2, 0) is 11.0 Å². The lowest BCUT2D eigenvalue weighted by Gasteiger charge is -2.11. The van der Waals surface area contributed by atoms with E-state index < -0.39 is 6.07 Å². The van der Waals surface area contributed by atoms with Crippen LogP contribution >= 0.6 is 28.6 Å². The molecular formula is C16H25Cl2O2P. The average molecular weight is 351 g/mol. The maximum Gasteiger partial charge on any atom is 0.428 e. The summed E-state index contributed by atoms with van der Waals surface area (Å²) >= 11 is 11.0. The average Bonchev–Trinajstić information content (AvgIpc) is 2.42. The Bertz CT molecular complexity index is 446. The number of unbranched alkanes of at least 4 members (excludes halogenated alkanes) is 7. The van der Waals surface area contributed by atoms with E-state index in [0.29, 0.717) is 5.75 Å². The van der Waals surface area contributed by atoms with Crippen molar-refractivity contribution in [1.29, 1.82) is 0 Å². The Morgan fingerprint density at radius 2 is 1.52 bits per heavy atom. The minimum atomic E-state index is -3.53. The van der Waals surface area contributed by atoms with Crippen molar-refractivity contribution in [3.05, 3.63) is 29.8 Å². The van der Waals surface area contributed by atoms with Gasteiger partial charge in [-0.25, -0.2) is 4.57 Å². The van der Waals surface area contributed by atoms with Gasteiger partial charge in [0.2, 0.25) is 0 Å². The molecule has 1 aromatic carbocycles. The van der Waals surface area contributed by atoms with Gasteiger partial charge < -0.3 is 4.52 Å². The van der Waals surface area contributed by atoms with Gasteiger partial charge in [0.1, 0.15) is 5.75 Å². The van der Waals surface area contributed by atoms with Crippen molar-refractivity contribution in [3.8, 4) is 5.75 Å². The van der Waals surface area contributed by atoms with E-state index in [9.17, 15) is 4.57 Å². The lowest BCUT2D eigenvalue weighted by atomic mass is 10.0. The molecule has 120 valence electrons. The maximum atomic E-state index is 11.3. The van der Waals surface area contributed by atoms with E-state index in [1.165, 1.54) is 44.9 Å². The zero-order valence-corrected chi connectivity index (χ0v) is 15.1. The van der Waals surface area contributed by atoms with Crippen molar-refractivity contribution in [1.82, 2.24) is 0 Å². The summed E-state index contributed by atoms with van der Waals surface area (Å²) in [6, 6.07) is 7.51.